The number of nitrogens with zero attached hydrogens (tertiary/aromatic N) is 2. The van der Waals surface area contributed by atoms with Gasteiger partial charge in [0.05, 0.1) is 12.3 Å². The van der Waals surface area contributed by atoms with Crippen molar-refractivity contribution >= 4 is 17.2 Å². The van der Waals surface area contributed by atoms with Gasteiger partial charge in [0.15, 0.2) is 0 Å². The van der Waals surface area contributed by atoms with E-state index in [9.17, 15) is 4.39 Å². The van der Waals surface area contributed by atoms with Crippen LogP contribution >= 0.6 is 0 Å². The van der Waals surface area contributed by atoms with E-state index in [0.717, 1.165) is 6.42 Å². The second-order valence-corrected chi connectivity index (χ2v) is 4.45. The Bertz CT molecular complexity index is 589. The van der Waals surface area contributed by atoms with Crippen molar-refractivity contribution in [3.63, 3.8) is 0 Å². The molecule has 106 valence electrons. The standard InChI is InChI=1S/C15H18FN3O/c1-3-9-20-15-13(17)7-8-14(18-15)19(2)12-6-4-5-11(16)10-12/h4-8,10H,3,9,17H2,1-2H3. The first-order chi connectivity index (χ1) is 9.61. The monoisotopic (exact) mass is 275 g/mol. The lowest BCUT2D eigenvalue weighted by Gasteiger charge is -2.19. The molecule has 2 N–H and O–H groups in total. The minimum atomic E-state index is -0.285. The average molecular weight is 275 g/mol. The lowest BCUT2D eigenvalue weighted by molar-refractivity contribution is 0.307. The van der Waals surface area contributed by atoms with Crippen LogP contribution in [0.4, 0.5) is 21.6 Å². The van der Waals surface area contributed by atoms with Gasteiger partial charge in [-0.2, -0.15) is 4.98 Å². The van der Waals surface area contributed by atoms with E-state index in [-0.39, 0.29) is 5.82 Å². The lowest BCUT2D eigenvalue weighted by Crippen LogP contribution is -2.12. The average Bonchev–Trinajstić information content (AvgIpc) is 2.45. The fraction of sp³-hybridized carbons (Fsp3) is 0.267. The molecular formula is C15H18FN3O. The third-order valence-electron chi connectivity index (χ3n) is 2.86. The first-order valence-corrected chi connectivity index (χ1v) is 6.50. The molecule has 0 aliphatic carbocycles. The molecule has 0 saturated carbocycles. The summed E-state index contributed by atoms with van der Waals surface area (Å²) in [5.74, 6) is 0.774. The quantitative estimate of drug-likeness (QED) is 0.909. The molecule has 2 aromatic rings. The molecular weight excluding hydrogens is 257 g/mol. The molecule has 0 bridgehead atoms. The molecule has 0 radical (unpaired) electrons. The predicted octanol–water partition coefficient (Wildman–Crippen LogP) is 3.36. The van der Waals surface area contributed by atoms with Crippen molar-refractivity contribution in [2.24, 2.45) is 0 Å². The van der Waals surface area contributed by atoms with Gasteiger partial charge in [-0.15, -0.1) is 0 Å². The van der Waals surface area contributed by atoms with Gasteiger partial charge in [-0.3, -0.25) is 0 Å². The van der Waals surface area contributed by atoms with Crippen molar-refractivity contribution in [1.82, 2.24) is 4.98 Å². The minimum Gasteiger partial charge on any atom is -0.476 e. The van der Waals surface area contributed by atoms with Gasteiger partial charge >= 0.3 is 0 Å². The van der Waals surface area contributed by atoms with E-state index >= 15 is 0 Å². The van der Waals surface area contributed by atoms with Crippen molar-refractivity contribution < 1.29 is 9.13 Å². The fourth-order valence-electron chi connectivity index (χ4n) is 1.76. The van der Waals surface area contributed by atoms with Crippen LogP contribution in [-0.2, 0) is 0 Å². The number of halogens is 1. The third-order valence-corrected chi connectivity index (χ3v) is 2.86. The van der Waals surface area contributed by atoms with Crippen LogP contribution in [0, 0.1) is 5.82 Å². The molecule has 20 heavy (non-hydrogen) atoms. The topological polar surface area (TPSA) is 51.4 Å². The number of anilines is 3. The van der Waals surface area contributed by atoms with Crippen LogP contribution in [0.2, 0.25) is 0 Å². The Morgan fingerprint density at radius 3 is 2.80 bits per heavy atom. The lowest BCUT2D eigenvalue weighted by atomic mass is 10.3. The van der Waals surface area contributed by atoms with Gasteiger partial charge < -0.3 is 15.4 Å². The van der Waals surface area contributed by atoms with E-state index in [1.165, 1.54) is 12.1 Å². The van der Waals surface area contributed by atoms with Crippen LogP contribution in [0.15, 0.2) is 36.4 Å². The van der Waals surface area contributed by atoms with Crippen molar-refractivity contribution in [3.05, 3.63) is 42.2 Å². The number of hydrogen-bond donors (Lipinski definition) is 1. The van der Waals surface area contributed by atoms with Gasteiger partial charge in [-0.05, 0) is 36.8 Å². The minimum absolute atomic E-state index is 0.285. The van der Waals surface area contributed by atoms with E-state index in [2.05, 4.69) is 4.98 Å². The summed E-state index contributed by atoms with van der Waals surface area (Å²) in [5.41, 5.74) is 7.03. The number of aromatic nitrogens is 1. The second-order valence-electron chi connectivity index (χ2n) is 4.45. The number of rotatable bonds is 5. The maximum atomic E-state index is 13.3. The first-order valence-electron chi connectivity index (χ1n) is 6.50. The Hall–Kier alpha value is -2.30. The van der Waals surface area contributed by atoms with Crippen molar-refractivity contribution in [3.8, 4) is 5.88 Å². The molecule has 0 spiro atoms. The largest absolute Gasteiger partial charge is 0.476 e. The Labute approximate surface area is 118 Å². The highest BCUT2D eigenvalue weighted by Gasteiger charge is 2.10. The van der Waals surface area contributed by atoms with E-state index in [4.69, 9.17) is 10.5 Å². The van der Waals surface area contributed by atoms with Crippen LogP contribution in [-0.4, -0.2) is 18.6 Å². The third kappa shape index (κ3) is 3.17. The Morgan fingerprint density at radius 1 is 1.30 bits per heavy atom. The normalized spacial score (nSPS) is 10.3. The summed E-state index contributed by atoms with van der Waals surface area (Å²) < 4.78 is 18.8. The molecule has 0 saturated heterocycles. The molecule has 0 atom stereocenters. The second kappa shape index (κ2) is 6.23. The number of pyridine rings is 1. The number of ether oxygens (including phenoxy) is 1. The maximum absolute atomic E-state index is 13.3. The van der Waals surface area contributed by atoms with E-state index < -0.39 is 0 Å². The molecule has 4 nitrogen and oxygen atoms in total. The van der Waals surface area contributed by atoms with Gasteiger partial charge in [-0.25, -0.2) is 4.39 Å². The van der Waals surface area contributed by atoms with E-state index in [1.807, 2.05) is 20.0 Å². The Balaban J connectivity index is 2.28. The highest BCUT2D eigenvalue weighted by Crippen LogP contribution is 2.27. The zero-order valence-electron chi connectivity index (χ0n) is 11.6. The molecule has 0 unspecified atom stereocenters. The molecule has 1 aromatic heterocycles. The van der Waals surface area contributed by atoms with Crippen LogP contribution in [0.1, 0.15) is 13.3 Å². The molecule has 0 fully saturated rings. The predicted molar refractivity (Wildman–Crippen MR) is 78.9 cm³/mol. The van der Waals surface area contributed by atoms with E-state index in [1.54, 1.807) is 23.1 Å². The summed E-state index contributed by atoms with van der Waals surface area (Å²) in [5, 5.41) is 0. The summed E-state index contributed by atoms with van der Waals surface area (Å²) in [6, 6.07) is 9.84. The van der Waals surface area contributed by atoms with Crippen LogP contribution in [0.3, 0.4) is 0 Å². The van der Waals surface area contributed by atoms with Crippen molar-refractivity contribution in [2.75, 3.05) is 24.3 Å². The van der Waals surface area contributed by atoms with Crippen molar-refractivity contribution in [2.45, 2.75) is 13.3 Å². The van der Waals surface area contributed by atoms with Gasteiger partial charge in [-0.1, -0.05) is 13.0 Å². The number of benzene rings is 1. The molecule has 0 amide bonds. The van der Waals surface area contributed by atoms with Crippen LogP contribution in [0.25, 0.3) is 0 Å². The molecule has 0 aliphatic heterocycles. The Morgan fingerprint density at radius 2 is 2.10 bits per heavy atom. The highest BCUT2D eigenvalue weighted by molar-refractivity contribution is 5.62. The number of nitrogens with two attached hydrogens (primary N) is 1. The van der Waals surface area contributed by atoms with Gasteiger partial charge in [0.1, 0.15) is 11.6 Å². The number of hydrogen-bond acceptors (Lipinski definition) is 4. The van der Waals surface area contributed by atoms with Gasteiger partial charge in [0, 0.05) is 12.7 Å². The Kier molecular flexibility index (Phi) is 4.40. The molecule has 1 aromatic carbocycles. The van der Waals surface area contributed by atoms with E-state index in [0.29, 0.717) is 29.7 Å². The highest BCUT2D eigenvalue weighted by atomic mass is 19.1. The number of nitrogen functional groups attached to an aromatic ring is 1. The molecule has 1 heterocycles. The summed E-state index contributed by atoms with van der Waals surface area (Å²) in [7, 11) is 1.82. The first kappa shape index (κ1) is 14.1. The van der Waals surface area contributed by atoms with Crippen LogP contribution < -0.4 is 15.4 Å². The molecule has 5 heteroatoms. The van der Waals surface area contributed by atoms with Gasteiger partial charge in [0.25, 0.3) is 0 Å². The maximum Gasteiger partial charge on any atom is 0.239 e. The summed E-state index contributed by atoms with van der Waals surface area (Å²) in [6.45, 7) is 2.57. The smallest absolute Gasteiger partial charge is 0.239 e. The van der Waals surface area contributed by atoms with Crippen molar-refractivity contribution in [1.29, 1.82) is 0 Å². The molecule has 2 rings (SSSR count). The summed E-state index contributed by atoms with van der Waals surface area (Å²) in [4.78, 5) is 6.15. The zero-order valence-corrected chi connectivity index (χ0v) is 11.6. The SMILES string of the molecule is CCCOc1nc(N(C)c2cccc(F)c2)ccc1N. The summed E-state index contributed by atoms with van der Waals surface area (Å²) >= 11 is 0. The van der Waals surface area contributed by atoms with Crippen LogP contribution in [0.5, 0.6) is 5.88 Å². The molecule has 0 aliphatic rings. The van der Waals surface area contributed by atoms with Gasteiger partial charge in [0.2, 0.25) is 5.88 Å². The summed E-state index contributed by atoms with van der Waals surface area (Å²) in [6.07, 6.45) is 0.880. The fourth-order valence-corrected chi connectivity index (χ4v) is 1.76. The zero-order chi connectivity index (χ0) is 14.5.